The van der Waals surface area contributed by atoms with Gasteiger partial charge in [-0.25, -0.2) is 0 Å². The maximum absolute atomic E-state index is 13.9. The molecule has 200 valence electrons. The van der Waals surface area contributed by atoms with Gasteiger partial charge in [-0.2, -0.15) is 18.3 Å². The molecule has 5 rings (SSSR count). The fraction of sp³-hybridized carbons (Fsp3) is 0.407. The third kappa shape index (κ3) is 4.10. The van der Waals surface area contributed by atoms with E-state index in [1.807, 2.05) is 13.0 Å². The highest BCUT2D eigenvalue weighted by atomic mass is 19.4. The Labute approximate surface area is 217 Å². The number of nitrogens with zero attached hydrogens (tertiary/aromatic N) is 4. The molecule has 38 heavy (non-hydrogen) atoms. The third-order valence-corrected chi connectivity index (χ3v) is 8.01. The number of carbonyl (C=O) groups is 3. The number of aryl methyl sites for hydroxylation is 1. The lowest BCUT2D eigenvalue weighted by atomic mass is 9.72. The van der Waals surface area contributed by atoms with Crippen LogP contribution in [-0.4, -0.2) is 76.6 Å². The molecule has 2 aromatic carbocycles. The average Bonchev–Trinajstić information content (AvgIpc) is 3.45. The van der Waals surface area contributed by atoms with Crippen molar-refractivity contribution in [1.82, 2.24) is 20.0 Å². The maximum Gasteiger partial charge on any atom is 0.408 e. The van der Waals surface area contributed by atoms with Crippen molar-refractivity contribution in [2.45, 2.75) is 44.3 Å². The molecule has 1 saturated heterocycles. The van der Waals surface area contributed by atoms with Gasteiger partial charge >= 0.3 is 6.18 Å². The Kier molecular flexibility index (Phi) is 6.19. The van der Waals surface area contributed by atoms with Crippen LogP contribution in [0.25, 0.3) is 10.9 Å². The Morgan fingerprint density at radius 1 is 1.18 bits per heavy atom. The zero-order chi connectivity index (χ0) is 27.4. The van der Waals surface area contributed by atoms with Crippen LogP contribution in [0.15, 0.2) is 42.6 Å². The molecule has 0 radical (unpaired) electrons. The second-order valence-corrected chi connectivity index (χ2v) is 10.1. The molecule has 0 aliphatic carbocycles. The van der Waals surface area contributed by atoms with E-state index in [4.69, 9.17) is 0 Å². The molecule has 8 nitrogen and oxygen atoms in total. The van der Waals surface area contributed by atoms with Crippen molar-refractivity contribution in [2.75, 3.05) is 31.6 Å². The molecule has 2 aliphatic heterocycles. The molecule has 1 N–H and O–H groups in total. The van der Waals surface area contributed by atoms with Crippen LogP contribution in [0.5, 0.6) is 0 Å². The summed E-state index contributed by atoms with van der Waals surface area (Å²) in [5, 5.41) is 7.67. The van der Waals surface area contributed by atoms with Gasteiger partial charge in [0.05, 0.1) is 17.1 Å². The summed E-state index contributed by atoms with van der Waals surface area (Å²) in [5.74, 6) is -1.25. The number of fused-ring (bicyclic) bond motifs is 3. The molecule has 2 aliphatic rings. The van der Waals surface area contributed by atoms with Gasteiger partial charge in [-0.1, -0.05) is 12.1 Å². The van der Waals surface area contributed by atoms with Gasteiger partial charge in [0.1, 0.15) is 12.6 Å². The predicted octanol–water partition coefficient (Wildman–Crippen LogP) is 3.80. The normalized spacial score (nSPS) is 17.7. The number of aromatic nitrogens is 2. The predicted molar refractivity (Wildman–Crippen MR) is 135 cm³/mol. The lowest BCUT2D eigenvalue weighted by Gasteiger charge is -2.39. The van der Waals surface area contributed by atoms with Gasteiger partial charge in [0, 0.05) is 36.8 Å². The summed E-state index contributed by atoms with van der Waals surface area (Å²) in [4.78, 5) is 43.6. The third-order valence-electron chi connectivity index (χ3n) is 8.01. The average molecular weight is 528 g/mol. The number of alkyl halides is 3. The largest absolute Gasteiger partial charge is 0.408 e. The number of anilines is 1. The van der Waals surface area contributed by atoms with Gasteiger partial charge in [-0.15, -0.1) is 0 Å². The van der Waals surface area contributed by atoms with E-state index >= 15 is 0 Å². The van der Waals surface area contributed by atoms with Crippen LogP contribution in [-0.2, 0) is 15.0 Å². The van der Waals surface area contributed by atoms with Crippen molar-refractivity contribution < 1.29 is 27.6 Å². The number of amides is 3. The number of rotatable bonds is 4. The molecule has 0 bridgehead atoms. The van der Waals surface area contributed by atoms with Gasteiger partial charge < -0.3 is 14.7 Å². The molecule has 3 heterocycles. The lowest BCUT2D eigenvalue weighted by Crippen LogP contribution is -2.53. The number of likely N-dealkylation sites (tertiary alicyclic amines) is 1. The summed E-state index contributed by atoms with van der Waals surface area (Å²) in [6.07, 6.45) is -2.22. The SMILES string of the molecule is Cc1cccc2c1C1(CCN(C(=O)c3ccc4[nH]ncc4c3)CC1)C(=O)N2CC(=O)N(C)[C@@H](C)C(F)(F)F. The molecule has 3 amide bonds. The lowest BCUT2D eigenvalue weighted by molar-refractivity contribution is -0.181. The number of nitrogens with one attached hydrogen (secondary N) is 1. The number of H-pyrrole nitrogens is 1. The topological polar surface area (TPSA) is 89.6 Å². The molecule has 0 saturated carbocycles. The van der Waals surface area contributed by atoms with E-state index < -0.39 is 30.1 Å². The van der Waals surface area contributed by atoms with Gasteiger partial charge in [0.25, 0.3) is 5.91 Å². The monoisotopic (exact) mass is 527 g/mol. The fourth-order valence-corrected chi connectivity index (χ4v) is 5.63. The van der Waals surface area contributed by atoms with Crippen molar-refractivity contribution in [1.29, 1.82) is 0 Å². The Hall–Kier alpha value is -3.89. The molecule has 3 aromatic rings. The summed E-state index contributed by atoms with van der Waals surface area (Å²) in [5.41, 5.74) is 2.61. The summed E-state index contributed by atoms with van der Waals surface area (Å²) in [6, 6.07) is 8.71. The number of aromatic amines is 1. The molecule has 1 fully saturated rings. The van der Waals surface area contributed by atoms with E-state index in [2.05, 4.69) is 10.2 Å². The minimum absolute atomic E-state index is 0.145. The summed E-state index contributed by atoms with van der Waals surface area (Å²) >= 11 is 0. The number of hydrogen-bond donors (Lipinski definition) is 1. The molecule has 11 heteroatoms. The first-order valence-corrected chi connectivity index (χ1v) is 12.4. The molecule has 1 spiro atoms. The van der Waals surface area contributed by atoms with E-state index in [1.54, 1.807) is 41.4 Å². The standard InChI is InChI=1S/C27H28F3N5O3/c1-16-5-4-6-21-23(16)26(25(38)35(21)15-22(36)33(3)17(2)27(28,29)30)9-11-34(12-10-26)24(37)18-7-8-20-19(13-18)14-31-32-20/h4-8,13-14,17H,9-12,15H2,1-3H3,(H,31,32)/t17-/m0/s1. The zero-order valence-corrected chi connectivity index (χ0v) is 21.3. The first-order valence-electron chi connectivity index (χ1n) is 12.4. The van der Waals surface area contributed by atoms with E-state index in [1.165, 1.54) is 4.90 Å². The van der Waals surface area contributed by atoms with Gasteiger partial charge in [0.15, 0.2) is 0 Å². The van der Waals surface area contributed by atoms with E-state index in [0.717, 1.165) is 36.0 Å². The Morgan fingerprint density at radius 3 is 2.58 bits per heavy atom. The van der Waals surface area contributed by atoms with Crippen molar-refractivity contribution in [3.05, 3.63) is 59.3 Å². The first-order chi connectivity index (χ1) is 17.9. The van der Waals surface area contributed by atoms with Crippen molar-refractivity contribution in [3.8, 4) is 0 Å². The Morgan fingerprint density at radius 2 is 1.89 bits per heavy atom. The molecule has 1 atom stereocenters. The van der Waals surface area contributed by atoms with Gasteiger partial charge in [-0.05, 0) is 62.1 Å². The number of benzene rings is 2. The van der Waals surface area contributed by atoms with Crippen LogP contribution in [0.2, 0.25) is 0 Å². The quantitative estimate of drug-likeness (QED) is 0.559. The molecule has 1 aromatic heterocycles. The summed E-state index contributed by atoms with van der Waals surface area (Å²) < 4.78 is 39.6. The van der Waals surface area contributed by atoms with Crippen LogP contribution >= 0.6 is 0 Å². The maximum atomic E-state index is 13.9. The Balaban J connectivity index is 1.38. The van der Waals surface area contributed by atoms with Crippen LogP contribution in [0.3, 0.4) is 0 Å². The molecule has 0 unspecified atom stereocenters. The number of piperidine rings is 1. The van der Waals surface area contributed by atoms with E-state index in [9.17, 15) is 27.6 Å². The van der Waals surface area contributed by atoms with Crippen LogP contribution in [0.1, 0.15) is 41.3 Å². The number of hydrogen-bond acceptors (Lipinski definition) is 4. The van der Waals surface area contributed by atoms with Crippen molar-refractivity contribution in [3.63, 3.8) is 0 Å². The fourth-order valence-electron chi connectivity index (χ4n) is 5.63. The summed E-state index contributed by atoms with van der Waals surface area (Å²) in [6.45, 7) is 2.97. The molecular weight excluding hydrogens is 499 g/mol. The number of halogens is 3. The van der Waals surface area contributed by atoms with Crippen LogP contribution in [0.4, 0.5) is 18.9 Å². The Bertz CT molecular complexity index is 1420. The van der Waals surface area contributed by atoms with Crippen molar-refractivity contribution in [2.24, 2.45) is 0 Å². The highest BCUT2D eigenvalue weighted by Crippen LogP contribution is 2.49. The first kappa shape index (κ1) is 25.7. The highest BCUT2D eigenvalue weighted by molar-refractivity contribution is 6.11. The van der Waals surface area contributed by atoms with E-state index in [0.29, 0.717) is 42.1 Å². The van der Waals surface area contributed by atoms with Crippen LogP contribution < -0.4 is 4.90 Å². The highest BCUT2D eigenvalue weighted by Gasteiger charge is 2.54. The van der Waals surface area contributed by atoms with E-state index in [-0.39, 0.29) is 11.8 Å². The second kappa shape index (κ2) is 9.14. The smallest absolute Gasteiger partial charge is 0.339 e. The summed E-state index contributed by atoms with van der Waals surface area (Å²) in [7, 11) is 1.10. The van der Waals surface area contributed by atoms with Crippen molar-refractivity contribution >= 4 is 34.3 Å². The van der Waals surface area contributed by atoms with Gasteiger partial charge in [0.2, 0.25) is 11.8 Å². The van der Waals surface area contributed by atoms with Crippen LogP contribution in [0, 0.1) is 6.92 Å². The molecular formula is C27H28F3N5O3. The number of carbonyl (C=O) groups excluding carboxylic acids is 3. The second-order valence-electron chi connectivity index (χ2n) is 10.1. The minimum Gasteiger partial charge on any atom is -0.339 e. The minimum atomic E-state index is -4.57. The zero-order valence-electron chi connectivity index (χ0n) is 21.3. The van der Waals surface area contributed by atoms with Gasteiger partial charge in [-0.3, -0.25) is 19.5 Å². The number of likely N-dealkylation sites (N-methyl/N-ethyl adjacent to an activating group) is 1.